The zero-order valence-corrected chi connectivity index (χ0v) is 33.8. The van der Waals surface area contributed by atoms with Crippen molar-refractivity contribution in [1.29, 1.82) is 0 Å². The van der Waals surface area contributed by atoms with Crippen LogP contribution in [0.2, 0.25) is 0 Å². The minimum atomic E-state index is -3.95. The second-order valence-electron chi connectivity index (χ2n) is 17.0. The summed E-state index contributed by atoms with van der Waals surface area (Å²) in [6, 6.07) is 15.4. The first-order valence-electron chi connectivity index (χ1n) is 19.5. The quantitative estimate of drug-likeness (QED) is 0.230. The Labute approximate surface area is 336 Å². The smallest absolute Gasteiger partial charge is 0.267 e. The average Bonchev–Trinajstić information content (AvgIpc) is 4.09. The fourth-order valence-corrected chi connectivity index (χ4v) is 9.31. The molecule has 2 aliphatic heterocycles. The number of benzene rings is 2. The summed E-state index contributed by atoms with van der Waals surface area (Å²) in [5, 5.41) is 2.75. The van der Waals surface area contributed by atoms with Crippen molar-refractivity contribution >= 4 is 44.6 Å². The van der Waals surface area contributed by atoms with E-state index in [1.165, 1.54) is 11.0 Å². The molecule has 0 bridgehead atoms. The maximum Gasteiger partial charge on any atom is 0.267 e. The Balaban J connectivity index is 1.21. The number of methoxy groups -OCH3 is 1. The Morgan fingerprint density at radius 1 is 1.09 bits per heavy atom. The highest BCUT2D eigenvalue weighted by Crippen LogP contribution is 2.46. The molecule has 7 rings (SSSR count). The lowest BCUT2D eigenvalue weighted by molar-refractivity contribution is -0.148. The monoisotopic (exact) mass is 821 g/mol. The van der Waals surface area contributed by atoms with Gasteiger partial charge in [-0.25, -0.2) is 22.2 Å². The summed E-state index contributed by atoms with van der Waals surface area (Å²) in [6.45, 7) is 8.11. The molecule has 5 atom stereocenters. The van der Waals surface area contributed by atoms with E-state index in [1.54, 1.807) is 52.1 Å². The van der Waals surface area contributed by atoms with Gasteiger partial charge in [-0.05, 0) is 36.8 Å². The first kappa shape index (κ1) is 41.1. The Morgan fingerprint density at radius 2 is 1.81 bits per heavy atom. The Morgan fingerprint density at radius 3 is 2.41 bits per heavy atom. The van der Waals surface area contributed by atoms with Gasteiger partial charge in [0, 0.05) is 54.8 Å². The fourth-order valence-electron chi connectivity index (χ4n) is 7.95. The van der Waals surface area contributed by atoms with Gasteiger partial charge in [0.1, 0.15) is 29.2 Å². The molecule has 13 nitrogen and oxygen atoms in total. The number of halogens is 2. The summed E-state index contributed by atoms with van der Waals surface area (Å²) in [5.41, 5.74) is -0.455. The van der Waals surface area contributed by atoms with Crippen molar-refractivity contribution in [2.75, 3.05) is 26.7 Å². The summed E-state index contributed by atoms with van der Waals surface area (Å²) in [5.74, 6) is -6.35. The number of fused-ring (bicyclic) bond motifs is 1. The number of pyridine rings is 1. The van der Waals surface area contributed by atoms with E-state index in [-0.39, 0.29) is 32.4 Å². The number of likely N-dealkylation sites (tertiary alicyclic amines) is 2. The Hall–Kier alpha value is -5.12. The third-order valence-electron chi connectivity index (χ3n) is 11.7. The highest BCUT2D eigenvalue weighted by atomic mass is 32.2. The molecule has 0 unspecified atom stereocenters. The lowest BCUT2D eigenvalue weighted by Gasteiger charge is -2.35. The molecule has 0 spiro atoms. The molecule has 16 heteroatoms. The summed E-state index contributed by atoms with van der Waals surface area (Å²) in [6.07, 6.45) is 0.794. The number of aromatic nitrogens is 1. The number of hydrogen-bond donors (Lipinski definition) is 2. The summed E-state index contributed by atoms with van der Waals surface area (Å²) >= 11 is 0. The first-order valence-corrected chi connectivity index (χ1v) is 21.1. The van der Waals surface area contributed by atoms with Crippen LogP contribution in [0.1, 0.15) is 59.3 Å². The Bertz CT molecular complexity index is 2250. The van der Waals surface area contributed by atoms with Gasteiger partial charge in [-0.15, -0.1) is 6.58 Å². The lowest BCUT2D eigenvalue weighted by atomic mass is 9.77. The SMILES string of the molecule is C=C[C@@H]1C[C@]1(NC(=O)[C@@H]1C[C@@H](Oc2cc(-c3ccccc3)nc3cc(OC)ccc23)CN1C(=O)[C@@H](CC(=O)N1CCC(F)(F)C1)C(C)(C)C)C(=O)NS(=O)(=O)C1CC1. The number of carbonyl (C=O) groups excluding carboxylic acids is 4. The van der Waals surface area contributed by atoms with E-state index in [0.717, 1.165) is 10.5 Å². The van der Waals surface area contributed by atoms with Gasteiger partial charge in [-0.2, -0.15) is 0 Å². The van der Waals surface area contributed by atoms with Crippen molar-refractivity contribution in [2.45, 2.75) is 88.2 Å². The number of carbonyl (C=O) groups is 4. The third kappa shape index (κ3) is 8.38. The van der Waals surface area contributed by atoms with E-state index in [9.17, 15) is 36.4 Å². The van der Waals surface area contributed by atoms with Gasteiger partial charge in [0.2, 0.25) is 27.7 Å². The van der Waals surface area contributed by atoms with Gasteiger partial charge in [-0.1, -0.05) is 57.2 Å². The fraction of sp³-hybridized carbons (Fsp3) is 0.500. The van der Waals surface area contributed by atoms with E-state index in [0.29, 0.717) is 40.9 Å². The molecule has 2 saturated carbocycles. The van der Waals surface area contributed by atoms with Crippen molar-refractivity contribution < 1.29 is 45.9 Å². The molecule has 4 fully saturated rings. The predicted molar refractivity (Wildman–Crippen MR) is 211 cm³/mol. The van der Waals surface area contributed by atoms with Gasteiger partial charge in [0.15, 0.2) is 0 Å². The van der Waals surface area contributed by atoms with E-state index < -0.39 is 92.7 Å². The number of hydrogen-bond acceptors (Lipinski definition) is 9. The van der Waals surface area contributed by atoms with E-state index in [1.807, 2.05) is 30.3 Å². The van der Waals surface area contributed by atoms with Crippen LogP contribution in [0.15, 0.2) is 67.3 Å². The molecule has 2 N–H and O–H groups in total. The number of rotatable bonds is 13. The number of alkyl halides is 2. The predicted octanol–water partition coefficient (Wildman–Crippen LogP) is 4.85. The van der Waals surface area contributed by atoms with Crippen molar-refractivity contribution in [1.82, 2.24) is 24.8 Å². The second kappa shape index (κ2) is 15.2. The average molecular weight is 822 g/mol. The molecule has 4 aliphatic rings. The number of ether oxygens (including phenoxy) is 2. The van der Waals surface area contributed by atoms with Gasteiger partial charge in [-0.3, -0.25) is 23.9 Å². The third-order valence-corrected chi connectivity index (χ3v) is 13.5. The van der Waals surface area contributed by atoms with Crippen LogP contribution in [-0.4, -0.2) is 102 Å². The van der Waals surface area contributed by atoms with Gasteiger partial charge < -0.3 is 24.6 Å². The highest BCUT2D eigenvalue weighted by Gasteiger charge is 2.62. The van der Waals surface area contributed by atoms with Gasteiger partial charge >= 0.3 is 0 Å². The summed E-state index contributed by atoms with van der Waals surface area (Å²) < 4.78 is 68.1. The maximum atomic E-state index is 14.8. The number of sulfonamides is 1. The van der Waals surface area contributed by atoms with Crippen LogP contribution in [0.3, 0.4) is 0 Å². The minimum Gasteiger partial charge on any atom is -0.497 e. The molecule has 1 aromatic heterocycles. The molecule has 3 aromatic rings. The van der Waals surface area contributed by atoms with Gasteiger partial charge in [0.05, 0.1) is 42.6 Å². The van der Waals surface area contributed by atoms with Crippen molar-refractivity contribution in [3.05, 3.63) is 67.3 Å². The van der Waals surface area contributed by atoms with Crippen molar-refractivity contribution in [3.63, 3.8) is 0 Å². The van der Waals surface area contributed by atoms with E-state index >= 15 is 0 Å². The topological polar surface area (TPSA) is 164 Å². The molecule has 4 amide bonds. The molecule has 3 heterocycles. The molecular formula is C42H49F2N5O8S. The Kier molecular flexibility index (Phi) is 10.8. The van der Waals surface area contributed by atoms with Crippen LogP contribution in [-0.2, 0) is 29.2 Å². The minimum absolute atomic E-state index is 0.0296. The second-order valence-corrected chi connectivity index (χ2v) is 18.9. The molecule has 2 aromatic carbocycles. The standard InChI is InChI=1S/C42H49F2N5O8S/c1-6-26-22-42(26,39(53)47-58(54,55)29-13-14-29)46-37(51)34-19-28(23-49(34)38(52)31(40(2,3)4)20-36(50)48-17-16-41(43,44)24-48)57-35-21-32(25-10-8-7-9-11-25)45-33-18-27(56-5)12-15-30(33)35/h6-12,15,18,21,26,28-29,31,34H,1,13-14,16-17,19-20,22-24H2,2-5H3,(H,46,51)(H,47,53)/t26-,28-,31-,34+,42-/m1/s1. The molecule has 0 radical (unpaired) electrons. The van der Waals surface area contributed by atoms with Crippen molar-refractivity contribution in [2.24, 2.45) is 17.3 Å². The van der Waals surface area contributed by atoms with Gasteiger partial charge in [0.25, 0.3) is 11.8 Å². The first-order chi connectivity index (χ1) is 27.3. The number of nitrogens with one attached hydrogen (secondary N) is 2. The van der Waals surface area contributed by atoms with Crippen LogP contribution >= 0.6 is 0 Å². The zero-order chi connectivity index (χ0) is 41.8. The van der Waals surface area contributed by atoms with E-state index in [2.05, 4.69) is 16.6 Å². The maximum absolute atomic E-state index is 14.8. The van der Waals surface area contributed by atoms with Crippen LogP contribution < -0.4 is 19.5 Å². The zero-order valence-electron chi connectivity index (χ0n) is 33.0. The number of nitrogens with zero attached hydrogens (tertiary/aromatic N) is 3. The molecule has 2 aliphatic carbocycles. The molecule has 2 saturated heterocycles. The van der Waals surface area contributed by atoms with Crippen LogP contribution in [0.5, 0.6) is 11.5 Å². The number of amides is 4. The summed E-state index contributed by atoms with van der Waals surface area (Å²) in [4.78, 5) is 63.6. The lowest BCUT2D eigenvalue weighted by Crippen LogP contribution is -2.57. The molecular weight excluding hydrogens is 773 g/mol. The molecule has 310 valence electrons. The normalized spacial score (nSPS) is 24.6. The van der Waals surface area contributed by atoms with Crippen molar-refractivity contribution in [3.8, 4) is 22.8 Å². The molecule has 58 heavy (non-hydrogen) atoms. The van der Waals surface area contributed by atoms with Crippen LogP contribution in [0.25, 0.3) is 22.2 Å². The largest absolute Gasteiger partial charge is 0.497 e. The van der Waals surface area contributed by atoms with Crippen LogP contribution in [0, 0.1) is 17.3 Å². The highest BCUT2D eigenvalue weighted by molar-refractivity contribution is 7.91. The summed E-state index contributed by atoms with van der Waals surface area (Å²) in [7, 11) is -2.40. The van der Waals surface area contributed by atoms with Crippen LogP contribution in [0.4, 0.5) is 8.78 Å². The van der Waals surface area contributed by atoms with E-state index in [4.69, 9.17) is 14.5 Å².